The molecule has 3 aromatic rings. The van der Waals surface area contributed by atoms with E-state index in [1.165, 1.54) is 0 Å². The Morgan fingerprint density at radius 3 is 2.58 bits per heavy atom. The number of anilines is 1. The van der Waals surface area contributed by atoms with Crippen LogP contribution in [0.1, 0.15) is 43.5 Å². The van der Waals surface area contributed by atoms with Crippen LogP contribution in [-0.4, -0.2) is 46.0 Å². The van der Waals surface area contributed by atoms with Gasteiger partial charge < -0.3 is 10.2 Å². The van der Waals surface area contributed by atoms with Crippen molar-refractivity contribution in [3.63, 3.8) is 0 Å². The number of fused-ring (bicyclic) bond motifs is 1. The van der Waals surface area contributed by atoms with Crippen LogP contribution in [-0.2, 0) is 23.9 Å². The molecule has 2 fully saturated rings. The molecular weight excluding hydrogens is 491 g/mol. The first-order valence-electron chi connectivity index (χ1n) is 12.3. The molecule has 1 aromatic carbocycles. The Bertz CT molecular complexity index is 1280. The lowest BCUT2D eigenvalue weighted by Gasteiger charge is -2.24. The highest BCUT2D eigenvalue weighted by molar-refractivity contribution is 7.21. The summed E-state index contributed by atoms with van der Waals surface area (Å²) in [7, 11) is 0. The highest BCUT2D eigenvalue weighted by atomic mass is 32.1. The van der Waals surface area contributed by atoms with Gasteiger partial charge in [0, 0.05) is 19.5 Å². The van der Waals surface area contributed by atoms with E-state index in [1.54, 1.807) is 0 Å². The molecule has 2 aromatic heterocycles. The van der Waals surface area contributed by atoms with Gasteiger partial charge in [-0.25, -0.2) is 9.97 Å². The number of benzene rings is 1. The summed E-state index contributed by atoms with van der Waals surface area (Å²) in [6.07, 6.45) is -0.926. The lowest BCUT2D eigenvalue weighted by atomic mass is 9.98. The summed E-state index contributed by atoms with van der Waals surface area (Å²) >= 11 is 0.958. The van der Waals surface area contributed by atoms with Gasteiger partial charge in [-0.05, 0) is 56.7 Å². The quantitative estimate of drug-likeness (QED) is 0.508. The molecule has 0 amide bonds. The van der Waals surface area contributed by atoms with Crippen molar-refractivity contribution < 1.29 is 18.0 Å². The predicted molar refractivity (Wildman–Crippen MR) is 132 cm³/mol. The molecule has 2 aliphatic heterocycles. The van der Waals surface area contributed by atoms with Gasteiger partial charge in [-0.15, -0.1) is 0 Å². The molecule has 0 bridgehead atoms. The predicted octanol–water partition coefficient (Wildman–Crippen LogP) is 4.04. The molecule has 0 saturated carbocycles. The van der Waals surface area contributed by atoms with Crippen molar-refractivity contribution in [3.05, 3.63) is 52.1 Å². The monoisotopic (exact) mass is 519 g/mol. The number of hydrogen-bond acceptors (Lipinski definition) is 7. The lowest BCUT2D eigenvalue weighted by molar-refractivity contribution is -0.148. The number of hydrogen-bond donors (Lipinski definition) is 1. The highest BCUT2D eigenvalue weighted by Crippen LogP contribution is 2.35. The van der Waals surface area contributed by atoms with Crippen LogP contribution >= 0.6 is 11.3 Å². The van der Waals surface area contributed by atoms with Gasteiger partial charge in [-0.2, -0.15) is 13.2 Å². The maximum absolute atomic E-state index is 13.9. The number of carbonyl (C=O) groups excluding carboxylic acids is 1. The summed E-state index contributed by atoms with van der Waals surface area (Å²) in [6, 6.07) is 9.35. The van der Waals surface area contributed by atoms with Crippen LogP contribution in [0.15, 0.2) is 35.1 Å². The van der Waals surface area contributed by atoms with Crippen LogP contribution in [0.25, 0.3) is 10.3 Å². The molecular formula is C25H28F3N5O2S. The van der Waals surface area contributed by atoms with Crippen LogP contribution in [0, 0.1) is 5.92 Å². The first-order valence-corrected chi connectivity index (χ1v) is 13.2. The van der Waals surface area contributed by atoms with Crippen molar-refractivity contribution in [1.82, 2.24) is 19.9 Å². The number of halogens is 3. The normalized spacial score (nSPS) is 19.3. The van der Waals surface area contributed by atoms with E-state index in [1.807, 2.05) is 35.2 Å². The van der Waals surface area contributed by atoms with Gasteiger partial charge in [0.1, 0.15) is 0 Å². The number of nitrogens with zero attached hydrogens (tertiary/aromatic N) is 4. The Hall–Kier alpha value is -2.79. The number of Topliss-reactive ketones (excluding diaryl/α,β-unsaturated/α-hetero) is 1. The van der Waals surface area contributed by atoms with E-state index in [0.29, 0.717) is 56.9 Å². The van der Waals surface area contributed by atoms with Gasteiger partial charge in [-0.3, -0.25) is 14.2 Å². The molecule has 5 rings (SSSR count). The number of carbonyl (C=O) groups is 1. The first-order chi connectivity index (χ1) is 17.3. The van der Waals surface area contributed by atoms with E-state index in [9.17, 15) is 22.8 Å². The number of alkyl halides is 3. The number of piperidine rings is 1. The minimum absolute atomic E-state index is 0.0323. The maximum Gasteiger partial charge on any atom is 0.449 e. The van der Waals surface area contributed by atoms with Crippen LogP contribution < -0.4 is 15.8 Å². The Morgan fingerprint density at radius 2 is 1.86 bits per heavy atom. The third-order valence-corrected chi connectivity index (χ3v) is 8.02. The van der Waals surface area contributed by atoms with Crippen molar-refractivity contribution in [2.75, 3.05) is 24.5 Å². The van der Waals surface area contributed by atoms with Crippen molar-refractivity contribution in [3.8, 4) is 0 Å². The molecule has 1 atom stereocenters. The maximum atomic E-state index is 13.9. The summed E-state index contributed by atoms with van der Waals surface area (Å²) in [5.41, 5.74) is 0.257. The minimum atomic E-state index is -4.76. The van der Waals surface area contributed by atoms with Crippen LogP contribution in [0.3, 0.4) is 0 Å². The third kappa shape index (κ3) is 5.17. The van der Waals surface area contributed by atoms with Crippen molar-refractivity contribution in [2.45, 2.75) is 57.3 Å². The molecule has 0 aliphatic carbocycles. The van der Waals surface area contributed by atoms with Gasteiger partial charge in [0.05, 0.1) is 6.04 Å². The Labute approximate surface area is 210 Å². The fourth-order valence-corrected chi connectivity index (χ4v) is 6.14. The second kappa shape index (κ2) is 10.3. The van der Waals surface area contributed by atoms with Gasteiger partial charge in [0.2, 0.25) is 5.82 Å². The Morgan fingerprint density at radius 1 is 1.11 bits per heavy atom. The molecule has 4 heterocycles. The molecule has 0 spiro atoms. The summed E-state index contributed by atoms with van der Waals surface area (Å²) in [4.78, 5) is 36.4. The van der Waals surface area contributed by atoms with Gasteiger partial charge in [-0.1, -0.05) is 41.7 Å². The molecule has 7 nitrogen and oxygen atoms in total. The minimum Gasteiger partial charge on any atom is -0.338 e. The SMILES string of the molecule is O=C(CCc1ccccc1)[C@H]1CCCN1c1nc2c(=O)n(CC3CCNCC3)c(C(F)(F)F)nc2s1. The summed E-state index contributed by atoms with van der Waals surface area (Å²) in [5.74, 6) is -1.14. The molecule has 11 heteroatoms. The topological polar surface area (TPSA) is 80.1 Å². The second-order valence-corrected chi connectivity index (χ2v) is 10.5. The third-order valence-electron chi connectivity index (χ3n) is 7.03. The highest BCUT2D eigenvalue weighted by Gasteiger charge is 2.39. The van der Waals surface area contributed by atoms with Crippen molar-refractivity contribution in [2.24, 2.45) is 5.92 Å². The summed E-state index contributed by atoms with van der Waals surface area (Å²) in [6.45, 7) is 1.96. The molecule has 2 saturated heterocycles. The standard InChI is InChI=1S/C25H28F3N5O2S/c26-25(27,28)23-31-21-20(22(35)33(23)15-17-10-12-29-13-11-17)30-24(36-21)32-14-4-7-18(32)19(34)9-8-16-5-2-1-3-6-16/h1-3,5-6,17-18,29H,4,7-15H2/t18-/m1/s1. The molecule has 2 aliphatic rings. The van der Waals surface area contributed by atoms with Crippen molar-refractivity contribution >= 4 is 32.6 Å². The zero-order chi connectivity index (χ0) is 25.3. The van der Waals surface area contributed by atoms with Crippen LogP contribution in [0.2, 0.25) is 0 Å². The number of ketones is 1. The van der Waals surface area contributed by atoms with Crippen LogP contribution in [0.5, 0.6) is 0 Å². The zero-order valence-electron chi connectivity index (χ0n) is 19.8. The zero-order valence-corrected chi connectivity index (χ0v) is 20.6. The van der Waals surface area contributed by atoms with E-state index >= 15 is 0 Å². The number of nitrogens with one attached hydrogen (secondary N) is 1. The molecule has 192 valence electrons. The van der Waals surface area contributed by atoms with E-state index in [4.69, 9.17) is 0 Å². The largest absolute Gasteiger partial charge is 0.449 e. The van der Waals surface area contributed by atoms with Gasteiger partial charge in [0.15, 0.2) is 21.3 Å². The first kappa shape index (κ1) is 24.9. The molecule has 36 heavy (non-hydrogen) atoms. The second-order valence-electron chi connectivity index (χ2n) is 9.50. The Balaban J connectivity index is 1.43. The smallest absolute Gasteiger partial charge is 0.338 e. The molecule has 0 radical (unpaired) electrons. The fourth-order valence-electron chi connectivity index (χ4n) is 5.14. The Kier molecular flexibility index (Phi) is 7.11. The van der Waals surface area contributed by atoms with Crippen molar-refractivity contribution in [1.29, 1.82) is 0 Å². The van der Waals surface area contributed by atoms with E-state index in [0.717, 1.165) is 27.9 Å². The van der Waals surface area contributed by atoms with Gasteiger partial charge >= 0.3 is 6.18 Å². The lowest BCUT2D eigenvalue weighted by Crippen LogP contribution is -2.36. The summed E-state index contributed by atoms with van der Waals surface area (Å²) in [5, 5.41) is 3.57. The molecule has 1 N–H and O–H groups in total. The summed E-state index contributed by atoms with van der Waals surface area (Å²) < 4.78 is 42.5. The van der Waals surface area contributed by atoms with E-state index in [2.05, 4.69) is 15.3 Å². The average Bonchev–Trinajstić information content (AvgIpc) is 3.52. The average molecular weight is 520 g/mol. The molecule has 0 unspecified atom stereocenters. The van der Waals surface area contributed by atoms with Gasteiger partial charge in [0.25, 0.3) is 5.56 Å². The fraction of sp³-hybridized carbons (Fsp3) is 0.520. The number of aryl methyl sites for hydroxylation is 1. The van der Waals surface area contributed by atoms with E-state index < -0.39 is 23.6 Å². The van der Waals surface area contributed by atoms with E-state index in [-0.39, 0.29) is 28.6 Å². The number of rotatable bonds is 7. The van der Waals surface area contributed by atoms with Crippen LogP contribution in [0.4, 0.5) is 18.3 Å². The number of aromatic nitrogens is 3. The number of thiazole rings is 1.